The first-order valence-corrected chi connectivity index (χ1v) is 51.1. The van der Waals surface area contributed by atoms with Crippen LogP contribution in [0.2, 0.25) is 0 Å². The number of ketones is 1. The molecule has 0 radical (unpaired) electrons. The van der Waals surface area contributed by atoms with Gasteiger partial charge in [0.05, 0.1) is 48.4 Å². The molecule has 136 heavy (non-hydrogen) atoms. The van der Waals surface area contributed by atoms with Crippen molar-refractivity contribution < 1.29 is 80.4 Å². The molecule has 15 rings (SSSR count). The number of carbonyl (C=O) groups excluding carboxylic acids is 9. The van der Waals surface area contributed by atoms with Gasteiger partial charge in [0.25, 0.3) is 0 Å². The van der Waals surface area contributed by atoms with Gasteiger partial charge >= 0.3 is 0 Å². The van der Waals surface area contributed by atoms with E-state index in [1.165, 1.54) is 55.5 Å². The van der Waals surface area contributed by atoms with Crippen LogP contribution in [0.3, 0.4) is 0 Å². The number of aromatic nitrogens is 2. The van der Waals surface area contributed by atoms with Crippen LogP contribution in [0.5, 0.6) is 5.75 Å². The quantitative estimate of drug-likeness (QED) is 0.0173. The van der Waals surface area contributed by atoms with Crippen LogP contribution in [0.4, 0.5) is 17.6 Å². The Morgan fingerprint density at radius 2 is 1.11 bits per heavy atom. The second-order valence-corrected chi connectivity index (χ2v) is 39.7. The van der Waals surface area contributed by atoms with Gasteiger partial charge < -0.3 is 80.7 Å². The number of piperidine rings is 1. The standard InChI is InChI=1S/C44H58F2N6O6.C32H46F2N4O5.C28H43N3O2.C2H6/c1-7-23(4)42(56)50-36(9-3)44(58)52-22-31(54)18-29(52)20-35-33-13-11-27(46)16-38(33)49-41(35)40-34(32-12-10-26(45)15-37(32)48-40)19-28-17-30(53)21-51(28)43(57)25(8-2)14-39(55)24(5)47-6;1-4-20(3)29(39)36-28(21-10-13-32(33,34)14-11-21)31(41)38-17-22-16-23(42-5-2)18-37(22)19-26(38)30(40)35-25-12-15-43-27-9-7-6-8-24(25)27;1-3-21(2)27(32)29-26(24-12-8-5-9-13-24)28(33)31-19-16-23-15-18-30(20-25(23)31)17-14-22-10-6-4-7-11-22;1-2/h10-13,15-16,23-25,28-31,36,47-49,53-54H,7-9,14,17-22H2,1-6H3,(H,50,56);6-9,20-23,25-26,28H,4-5,10-19H2,1-3H3,(H,35,40)(H,36,39);4,6-7,10-11,21,23-26H,3,5,8-9,12-20H2,1-2H3,(H,29,32);1-2H3/t23-,24+,25-,28+,29+,30+,31+,36+;20-,22-,23-,25-,26+,28+;21-,23-,25-,26+;/m111./s1. The highest BCUT2D eigenvalue weighted by Gasteiger charge is 2.51. The lowest BCUT2D eigenvalue weighted by Gasteiger charge is -2.45. The minimum atomic E-state index is -2.77. The molecule has 7 aliphatic heterocycles. The predicted molar refractivity (Wildman–Crippen MR) is 520 cm³/mol. The number of hydrogen-bond acceptors (Lipinski definition) is 16. The number of Topliss-reactive ketones (excluding diaryl/α,β-unsaturated/α-hetero) is 1. The molecule has 9 heterocycles. The van der Waals surface area contributed by atoms with E-state index in [9.17, 15) is 70.9 Å². The van der Waals surface area contributed by atoms with Crippen molar-refractivity contribution in [1.82, 2.24) is 66.0 Å². The van der Waals surface area contributed by atoms with Gasteiger partial charge in [0, 0.05) is 160 Å². The zero-order valence-corrected chi connectivity index (χ0v) is 82.5. The Morgan fingerprint density at radius 3 is 1.67 bits per heavy atom. The molecule has 9 N–H and O–H groups in total. The Hall–Kier alpha value is -9.33. The third-order valence-corrected chi connectivity index (χ3v) is 30.8. The fourth-order valence-electron chi connectivity index (χ4n) is 21.9. The first-order valence-electron chi connectivity index (χ1n) is 51.1. The number of β-amino-alcohol motifs (C(OH)–C–C–N with tert-alkyl or cyclic N) is 2. The fourth-order valence-corrected chi connectivity index (χ4v) is 21.9. The number of carbonyl (C=O) groups is 9. The highest BCUT2D eigenvalue weighted by molar-refractivity contribution is 5.98. The Labute approximate surface area is 801 Å². The Bertz CT molecular complexity index is 4850. The summed E-state index contributed by atoms with van der Waals surface area (Å²) in [5.41, 5.74) is 5.97. The molecule has 2 saturated carbocycles. The average molecular weight is 1890 g/mol. The number of benzene rings is 4. The Kier molecular flexibility index (Phi) is 38.0. The summed E-state index contributed by atoms with van der Waals surface area (Å²) < 4.78 is 69.5. The van der Waals surface area contributed by atoms with Gasteiger partial charge in [0.1, 0.15) is 47.3 Å². The van der Waals surface area contributed by atoms with Crippen molar-refractivity contribution in [3.8, 4) is 17.1 Å². The van der Waals surface area contributed by atoms with Crippen molar-refractivity contribution in [2.75, 3.05) is 79.2 Å². The number of nitrogens with zero attached hydrogens (tertiary/aromatic N) is 6. The lowest BCUT2D eigenvalue weighted by Crippen LogP contribution is -2.66. The molecule has 6 aromatic rings. The first kappa shape index (κ1) is 106. The maximum absolute atomic E-state index is 14.8. The summed E-state index contributed by atoms with van der Waals surface area (Å²) in [5, 5.41) is 38.5. The lowest BCUT2D eigenvalue weighted by atomic mass is 9.81. The van der Waals surface area contributed by atoms with E-state index < -0.39 is 77.9 Å². The summed E-state index contributed by atoms with van der Waals surface area (Å²) in [5.74, 6) is -5.10. The Morgan fingerprint density at radius 1 is 0.566 bits per heavy atom. The van der Waals surface area contributed by atoms with Crippen molar-refractivity contribution in [1.29, 1.82) is 0 Å². The minimum absolute atomic E-state index is 0.00922. The van der Waals surface area contributed by atoms with Gasteiger partial charge in [-0.25, -0.2) is 17.6 Å². The number of aromatic amines is 2. The van der Waals surface area contributed by atoms with Gasteiger partial charge in [0.15, 0.2) is 0 Å². The van der Waals surface area contributed by atoms with Gasteiger partial charge in [-0.15, -0.1) is 0 Å². The van der Waals surface area contributed by atoms with Gasteiger partial charge in [-0.3, -0.25) is 48.1 Å². The van der Waals surface area contributed by atoms with E-state index in [0.29, 0.717) is 117 Å². The van der Waals surface area contributed by atoms with Crippen LogP contribution < -0.4 is 31.3 Å². The van der Waals surface area contributed by atoms with Crippen LogP contribution in [-0.2, 0) is 67.2 Å². The van der Waals surface area contributed by atoms with E-state index in [-0.39, 0.29) is 165 Å². The maximum Gasteiger partial charge on any atom is 0.248 e. The molecule has 8 amide bonds. The number of halogens is 4. The van der Waals surface area contributed by atoms with Crippen LogP contribution in [0, 0.1) is 53.1 Å². The summed E-state index contributed by atoms with van der Waals surface area (Å²) in [7, 11) is 1.70. The van der Waals surface area contributed by atoms with Gasteiger partial charge in [-0.05, 0) is 214 Å². The highest BCUT2D eigenvalue weighted by Crippen LogP contribution is 2.44. The van der Waals surface area contributed by atoms with Crippen LogP contribution >= 0.6 is 0 Å². The number of amides is 8. The third-order valence-electron chi connectivity index (χ3n) is 30.8. The number of para-hydroxylation sites is 1. The molecule has 8 fully saturated rings. The second kappa shape index (κ2) is 49.0. The number of rotatable bonds is 33. The highest BCUT2D eigenvalue weighted by atomic mass is 19.3. The first-order chi connectivity index (χ1) is 65.3. The number of hydrogen-bond donors (Lipinski definition) is 9. The number of piperazine rings is 1. The van der Waals surface area contributed by atoms with Crippen LogP contribution in [0.15, 0.2) is 91.0 Å². The van der Waals surface area contributed by atoms with E-state index in [1.54, 1.807) is 47.7 Å². The summed E-state index contributed by atoms with van der Waals surface area (Å²) in [6.07, 6.45) is 12.5. The molecule has 18 atom stereocenters. The number of nitrogens with one attached hydrogen (secondary N) is 7. The number of alkyl halides is 2. The van der Waals surface area contributed by atoms with E-state index in [0.717, 1.165) is 87.1 Å². The van der Waals surface area contributed by atoms with Crippen LogP contribution in [0.25, 0.3) is 33.2 Å². The molecule has 2 aliphatic carbocycles. The number of ether oxygens (including phenoxy) is 2. The van der Waals surface area contributed by atoms with Gasteiger partial charge in [-0.2, -0.15) is 0 Å². The van der Waals surface area contributed by atoms with Crippen molar-refractivity contribution >= 4 is 74.8 Å². The molecule has 748 valence electrons. The van der Waals surface area contributed by atoms with E-state index in [2.05, 4.69) is 81.6 Å². The number of fused-ring (bicyclic) bond motifs is 5. The molecule has 0 spiro atoms. The van der Waals surface area contributed by atoms with Crippen molar-refractivity contribution in [2.45, 2.75) is 322 Å². The number of likely N-dealkylation sites (N-methyl/N-ethyl adjacent to an activating group) is 1. The number of aliphatic hydroxyl groups is 2. The normalized spacial score (nSPS) is 24.7. The molecule has 30 heteroatoms. The topological polar surface area (TPSA) is 324 Å². The van der Waals surface area contributed by atoms with E-state index in [4.69, 9.17) is 9.47 Å². The third kappa shape index (κ3) is 25.8. The SMILES string of the molecule is CC.CCO[C@@H]1C[C@@H]2CN(C(=O)[C@@H](NC(=O)[C@H](C)CC)C3CCC(F)(F)CC3)[C@H](C(=O)N[C@@H]3CCOc4ccccc43)CN2C1.CC[C@@H](C)C(=O)N[C@H](C(=O)N1CC[C@H]2CCN(CCc3ccccc3)C[C@H]21)C1CCCCC1.CC[C@H](CC(=O)[C@H](C)NC)C(=O)N1C[C@@H](O)C[C@H]1Cc1c(-c2[nH]c3cc(F)ccc3c2C[C@@H]2C[C@H](O)CN2C(=O)[C@H](CC)NC(=O)[C@H](C)CC)[nH]c2cc(F)ccc12. The smallest absolute Gasteiger partial charge is 0.248 e. The second-order valence-electron chi connectivity index (χ2n) is 39.7. The largest absolute Gasteiger partial charge is 0.493 e. The zero-order chi connectivity index (χ0) is 97.9. The maximum atomic E-state index is 14.8. The summed E-state index contributed by atoms with van der Waals surface area (Å²) in [6, 6.07) is 23.0. The Balaban J connectivity index is 0.000000189. The van der Waals surface area contributed by atoms with Crippen molar-refractivity contribution in [3.63, 3.8) is 0 Å². The molecule has 2 aromatic heterocycles. The van der Waals surface area contributed by atoms with Crippen molar-refractivity contribution in [2.24, 2.45) is 41.4 Å². The molecular weight excluding hydrogens is 1740 g/mol. The van der Waals surface area contributed by atoms with Gasteiger partial charge in [0.2, 0.25) is 53.2 Å². The number of H-pyrrole nitrogens is 2. The van der Waals surface area contributed by atoms with Crippen LogP contribution in [0.1, 0.15) is 246 Å². The summed E-state index contributed by atoms with van der Waals surface area (Å²) in [6.45, 7) is 29.4. The van der Waals surface area contributed by atoms with Crippen LogP contribution in [-0.4, -0.2) is 260 Å². The molecule has 4 aromatic carbocycles. The van der Waals surface area contributed by atoms with Gasteiger partial charge in [-0.1, -0.05) is 137 Å². The fraction of sp³-hybridized carbons (Fsp3) is 0.651. The molecule has 0 bridgehead atoms. The molecule has 0 unspecified atom stereocenters. The average Bonchev–Trinajstić information content (AvgIpc) is 1.65. The number of likely N-dealkylation sites (tertiary alicyclic amines) is 4. The lowest BCUT2D eigenvalue weighted by molar-refractivity contribution is -0.150. The monoisotopic (exact) mass is 1890 g/mol. The summed E-state index contributed by atoms with van der Waals surface area (Å²) in [4.78, 5) is 141. The molecule has 26 nitrogen and oxygen atoms in total. The minimum Gasteiger partial charge on any atom is -0.493 e. The number of aliphatic hydroxyl groups excluding tert-OH is 2. The molecular formula is C106H153F4N13O13. The van der Waals surface area contributed by atoms with E-state index >= 15 is 0 Å². The van der Waals surface area contributed by atoms with Crippen molar-refractivity contribution in [3.05, 3.63) is 125 Å². The summed E-state index contributed by atoms with van der Waals surface area (Å²) >= 11 is 0. The molecule has 9 aliphatic rings. The zero-order valence-electron chi connectivity index (χ0n) is 82.5. The molecule has 6 saturated heterocycles. The van der Waals surface area contributed by atoms with E-state index in [1.807, 2.05) is 93.5 Å². The predicted octanol–water partition coefficient (Wildman–Crippen LogP) is 14.1.